The Labute approximate surface area is 114 Å². The largest absolute Gasteiger partial charge is 0.355 e. The maximum absolute atomic E-state index is 4.83. The summed E-state index contributed by atoms with van der Waals surface area (Å²) in [5, 5.41) is 3.23. The number of thioether (sulfide) groups is 1. The SMILES string of the molecule is CNCc1cc(C(C)C)nc(N2CCSCC2)c1. The van der Waals surface area contributed by atoms with Gasteiger partial charge >= 0.3 is 0 Å². The highest BCUT2D eigenvalue weighted by atomic mass is 32.2. The zero-order valence-corrected chi connectivity index (χ0v) is 12.4. The fourth-order valence-electron chi connectivity index (χ4n) is 2.15. The molecule has 0 spiro atoms. The van der Waals surface area contributed by atoms with Crippen molar-refractivity contribution >= 4 is 17.6 Å². The van der Waals surface area contributed by atoms with Crippen LogP contribution in [0.15, 0.2) is 12.1 Å². The second-order valence-electron chi connectivity index (χ2n) is 5.04. The number of pyridine rings is 1. The lowest BCUT2D eigenvalue weighted by Crippen LogP contribution is -2.33. The highest BCUT2D eigenvalue weighted by Crippen LogP contribution is 2.22. The lowest BCUT2D eigenvalue weighted by Gasteiger charge is -2.28. The molecule has 100 valence electrons. The van der Waals surface area contributed by atoms with Gasteiger partial charge in [0.25, 0.3) is 0 Å². The van der Waals surface area contributed by atoms with Crippen LogP contribution in [0.25, 0.3) is 0 Å². The number of rotatable bonds is 4. The van der Waals surface area contributed by atoms with Crippen LogP contribution in [0, 0.1) is 0 Å². The summed E-state index contributed by atoms with van der Waals surface area (Å²) in [6, 6.07) is 4.46. The third-order valence-electron chi connectivity index (χ3n) is 3.20. The fraction of sp³-hybridized carbons (Fsp3) is 0.643. The van der Waals surface area contributed by atoms with Gasteiger partial charge in [-0.25, -0.2) is 4.98 Å². The Morgan fingerprint density at radius 3 is 2.67 bits per heavy atom. The first-order valence-electron chi connectivity index (χ1n) is 6.69. The fourth-order valence-corrected chi connectivity index (χ4v) is 3.05. The quantitative estimate of drug-likeness (QED) is 0.905. The van der Waals surface area contributed by atoms with Crippen molar-refractivity contribution in [3.63, 3.8) is 0 Å². The summed E-state index contributed by atoms with van der Waals surface area (Å²) in [4.78, 5) is 7.25. The van der Waals surface area contributed by atoms with Gasteiger partial charge in [0, 0.05) is 36.8 Å². The zero-order valence-electron chi connectivity index (χ0n) is 11.6. The van der Waals surface area contributed by atoms with Crippen molar-refractivity contribution < 1.29 is 0 Å². The van der Waals surface area contributed by atoms with Crippen molar-refractivity contribution in [2.45, 2.75) is 26.3 Å². The van der Waals surface area contributed by atoms with Crippen LogP contribution in [0.4, 0.5) is 5.82 Å². The van der Waals surface area contributed by atoms with Gasteiger partial charge in [0.2, 0.25) is 0 Å². The van der Waals surface area contributed by atoms with Gasteiger partial charge in [0.05, 0.1) is 0 Å². The topological polar surface area (TPSA) is 28.2 Å². The van der Waals surface area contributed by atoms with Crippen LogP contribution in [0.5, 0.6) is 0 Å². The normalized spacial score (nSPS) is 16.3. The van der Waals surface area contributed by atoms with Crippen LogP contribution in [-0.4, -0.2) is 36.6 Å². The summed E-state index contributed by atoms with van der Waals surface area (Å²) in [6.45, 7) is 7.58. The van der Waals surface area contributed by atoms with E-state index in [0.29, 0.717) is 5.92 Å². The summed E-state index contributed by atoms with van der Waals surface area (Å²) in [6.07, 6.45) is 0. The minimum atomic E-state index is 0.486. The molecule has 4 heteroatoms. The second-order valence-corrected chi connectivity index (χ2v) is 6.27. The van der Waals surface area contributed by atoms with E-state index < -0.39 is 0 Å². The standard InChI is InChI=1S/C14H23N3S/c1-11(2)13-8-12(10-15-3)9-14(16-13)17-4-6-18-7-5-17/h8-9,11,15H,4-7,10H2,1-3H3. The number of aromatic nitrogens is 1. The second kappa shape index (κ2) is 6.43. The minimum absolute atomic E-state index is 0.486. The Kier molecular flexibility index (Phi) is 4.89. The average molecular weight is 265 g/mol. The molecule has 0 radical (unpaired) electrons. The van der Waals surface area contributed by atoms with E-state index in [1.54, 1.807) is 0 Å². The lowest BCUT2D eigenvalue weighted by molar-refractivity contribution is 0.769. The molecule has 1 fully saturated rings. The van der Waals surface area contributed by atoms with Crippen molar-refractivity contribution in [1.29, 1.82) is 0 Å². The summed E-state index contributed by atoms with van der Waals surface area (Å²) in [7, 11) is 1.99. The number of anilines is 1. The molecule has 0 amide bonds. The van der Waals surface area contributed by atoms with Crippen molar-refractivity contribution in [2.24, 2.45) is 0 Å². The van der Waals surface area contributed by atoms with Crippen LogP contribution in [0.2, 0.25) is 0 Å². The van der Waals surface area contributed by atoms with Crippen LogP contribution in [-0.2, 0) is 6.54 Å². The van der Waals surface area contributed by atoms with E-state index >= 15 is 0 Å². The molecular weight excluding hydrogens is 242 g/mol. The summed E-state index contributed by atoms with van der Waals surface area (Å²) >= 11 is 2.04. The van der Waals surface area contributed by atoms with Crippen molar-refractivity contribution in [2.75, 3.05) is 36.5 Å². The lowest BCUT2D eigenvalue weighted by atomic mass is 10.1. The molecule has 1 aliphatic heterocycles. The molecule has 18 heavy (non-hydrogen) atoms. The zero-order chi connectivity index (χ0) is 13.0. The Bertz CT molecular complexity index is 387. The number of nitrogens with zero attached hydrogens (tertiary/aromatic N) is 2. The summed E-state index contributed by atoms with van der Waals surface area (Å²) < 4.78 is 0. The molecule has 0 unspecified atom stereocenters. The minimum Gasteiger partial charge on any atom is -0.355 e. The Hall–Kier alpha value is -0.740. The maximum atomic E-state index is 4.83. The molecule has 0 aliphatic carbocycles. The van der Waals surface area contributed by atoms with E-state index in [9.17, 15) is 0 Å². The van der Waals surface area contributed by atoms with Crippen LogP contribution >= 0.6 is 11.8 Å². The molecule has 1 N–H and O–H groups in total. The molecule has 2 heterocycles. The number of hydrogen-bond donors (Lipinski definition) is 1. The van der Waals surface area contributed by atoms with Gasteiger partial charge < -0.3 is 10.2 Å². The molecule has 1 aromatic heterocycles. The van der Waals surface area contributed by atoms with E-state index in [-0.39, 0.29) is 0 Å². The van der Waals surface area contributed by atoms with E-state index in [0.717, 1.165) is 25.5 Å². The van der Waals surface area contributed by atoms with Gasteiger partial charge in [-0.05, 0) is 30.7 Å². The number of nitrogens with one attached hydrogen (secondary N) is 1. The highest BCUT2D eigenvalue weighted by Gasteiger charge is 2.14. The maximum Gasteiger partial charge on any atom is 0.129 e. The molecule has 1 aromatic rings. The van der Waals surface area contributed by atoms with E-state index in [2.05, 4.69) is 36.2 Å². The molecule has 1 aliphatic rings. The van der Waals surface area contributed by atoms with E-state index in [4.69, 9.17) is 4.98 Å². The predicted octanol–water partition coefficient (Wildman–Crippen LogP) is 2.48. The van der Waals surface area contributed by atoms with Crippen LogP contribution in [0.3, 0.4) is 0 Å². The van der Waals surface area contributed by atoms with Gasteiger partial charge in [-0.3, -0.25) is 0 Å². The smallest absolute Gasteiger partial charge is 0.129 e. The molecule has 2 rings (SSSR count). The Morgan fingerprint density at radius 1 is 1.33 bits per heavy atom. The molecule has 0 saturated carbocycles. The number of hydrogen-bond acceptors (Lipinski definition) is 4. The summed E-state index contributed by atoms with van der Waals surface area (Å²) in [5.74, 6) is 4.08. The Morgan fingerprint density at radius 2 is 2.06 bits per heavy atom. The van der Waals surface area contributed by atoms with Gasteiger partial charge in [-0.15, -0.1) is 0 Å². The summed E-state index contributed by atoms with van der Waals surface area (Å²) in [5.41, 5.74) is 2.54. The first kappa shape index (κ1) is 13.7. The van der Waals surface area contributed by atoms with Crippen LogP contribution in [0.1, 0.15) is 31.0 Å². The molecule has 0 aromatic carbocycles. The molecular formula is C14H23N3S. The third-order valence-corrected chi connectivity index (χ3v) is 4.14. The third kappa shape index (κ3) is 3.39. The van der Waals surface area contributed by atoms with Crippen LogP contribution < -0.4 is 10.2 Å². The van der Waals surface area contributed by atoms with Crippen molar-refractivity contribution in [1.82, 2.24) is 10.3 Å². The molecule has 1 saturated heterocycles. The predicted molar refractivity (Wildman–Crippen MR) is 80.6 cm³/mol. The van der Waals surface area contributed by atoms with Crippen molar-refractivity contribution in [3.05, 3.63) is 23.4 Å². The van der Waals surface area contributed by atoms with E-state index in [1.807, 2.05) is 18.8 Å². The van der Waals surface area contributed by atoms with Gasteiger partial charge in [-0.2, -0.15) is 11.8 Å². The van der Waals surface area contributed by atoms with E-state index in [1.165, 1.54) is 22.8 Å². The Balaban J connectivity index is 2.26. The first-order valence-corrected chi connectivity index (χ1v) is 7.84. The average Bonchev–Trinajstić information content (AvgIpc) is 2.40. The molecule has 3 nitrogen and oxygen atoms in total. The monoisotopic (exact) mass is 265 g/mol. The molecule has 0 bridgehead atoms. The van der Waals surface area contributed by atoms with Crippen molar-refractivity contribution in [3.8, 4) is 0 Å². The van der Waals surface area contributed by atoms with Gasteiger partial charge in [0.1, 0.15) is 5.82 Å². The highest BCUT2D eigenvalue weighted by molar-refractivity contribution is 7.99. The van der Waals surface area contributed by atoms with Gasteiger partial charge in [0.15, 0.2) is 0 Å². The van der Waals surface area contributed by atoms with Gasteiger partial charge in [-0.1, -0.05) is 13.8 Å². The first-order chi connectivity index (χ1) is 8.70. The molecule has 0 atom stereocenters.